The second-order valence-corrected chi connectivity index (χ2v) is 7.70. The van der Waals surface area contributed by atoms with E-state index in [2.05, 4.69) is 43.7 Å². The van der Waals surface area contributed by atoms with Crippen LogP contribution in [-0.2, 0) is 6.54 Å². The third-order valence-electron chi connectivity index (χ3n) is 6.16. The molecule has 2 aliphatic heterocycles. The Bertz CT molecular complexity index is 1060. The molecule has 0 saturated heterocycles. The average molecular weight is 375 g/mol. The van der Waals surface area contributed by atoms with Crippen LogP contribution in [0.1, 0.15) is 42.9 Å². The van der Waals surface area contributed by atoms with E-state index in [9.17, 15) is 0 Å². The van der Waals surface area contributed by atoms with E-state index in [0.29, 0.717) is 24.3 Å². The predicted molar refractivity (Wildman–Crippen MR) is 110 cm³/mol. The van der Waals surface area contributed by atoms with E-state index in [1.807, 2.05) is 18.3 Å². The smallest absolute Gasteiger partial charge is 0.213 e. The standard InChI is InChI=1S/C22H25N5O/c1-28-20-6-2-5-18(26-20)15-9-7-14(8-10-15)16-4-3-11-23-21-17-12-24-25-13-19(17)27-22(16)21/h2-6,13-15,23,27H,7-12H2,1H3. The van der Waals surface area contributed by atoms with Crippen LogP contribution >= 0.6 is 0 Å². The zero-order valence-electron chi connectivity index (χ0n) is 16.1. The summed E-state index contributed by atoms with van der Waals surface area (Å²) < 4.78 is 5.30. The molecule has 2 N–H and O–H groups in total. The molecule has 3 aliphatic rings. The number of pyridine rings is 1. The maximum absolute atomic E-state index is 5.30. The maximum atomic E-state index is 5.30. The molecule has 1 fully saturated rings. The summed E-state index contributed by atoms with van der Waals surface area (Å²) in [5, 5.41) is 14.1. The normalized spacial score (nSPS) is 23.2. The van der Waals surface area contributed by atoms with Crippen molar-refractivity contribution in [3.8, 4) is 5.88 Å². The minimum absolute atomic E-state index is 0.516. The number of hydrogen-bond acceptors (Lipinski definition) is 5. The fraction of sp³-hybridized carbons (Fsp3) is 0.409. The topological polar surface area (TPSA) is 74.7 Å². The van der Waals surface area contributed by atoms with Crippen LogP contribution in [0.25, 0.3) is 11.8 Å². The fourth-order valence-corrected chi connectivity index (χ4v) is 4.70. The number of nitrogens with zero attached hydrogens (tertiary/aromatic N) is 3. The number of nitrogens with one attached hydrogen (secondary N) is 2. The Kier molecular flexibility index (Phi) is 4.47. The Morgan fingerprint density at radius 2 is 1.96 bits per heavy atom. The van der Waals surface area contributed by atoms with Crippen LogP contribution in [0.2, 0.25) is 0 Å². The number of hydrogen-bond donors (Lipinski definition) is 2. The van der Waals surface area contributed by atoms with Crippen molar-refractivity contribution in [3.05, 3.63) is 52.3 Å². The van der Waals surface area contributed by atoms with Gasteiger partial charge >= 0.3 is 0 Å². The number of anilines is 1. The molecule has 5 rings (SSSR count). The van der Waals surface area contributed by atoms with Gasteiger partial charge in [0.25, 0.3) is 0 Å². The van der Waals surface area contributed by atoms with Gasteiger partial charge in [0.15, 0.2) is 0 Å². The Morgan fingerprint density at radius 3 is 2.82 bits per heavy atom. The van der Waals surface area contributed by atoms with Crippen molar-refractivity contribution in [2.45, 2.75) is 38.1 Å². The van der Waals surface area contributed by atoms with Crippen molar-refractivity contribution in [1.29, 1.82) is 0 Å². The van der Waals surface area contributed by atoms with Gasteiger partial charge in [-0.25, -0.2) is 4.98 Å². The molecule has 2 aromatic heterocycles. The van der Waals surface area contributed by atoms with Crippen molar-refractivity contribution in [2.24, 2.45) is 16.1 Å². The number of aromatic amines is 1. The van der Waals surface area contributed by atoms with Crippen LogP contribution in [0.5, 0.6) is 5.88 Å². The molecule has 144 valence electrons. The first kappa shape index (κ1) is 17.2. The van der Waals surface area contributed by atoms with Gasteiger partial charge in [-0.2, -0.15) is 10.2 Å². The third kappa shape index (κ3) is 3.03. The van der Waals surface area contributed by atoms with Gasteiger partial charge in [-0.15, -0.1) is 0 Å². The van der Waals surface area contributed by atoms with Gasteiger partial charge in [0.05, 0.1) is 36.2 Å². The summed E-state index contributed by atoms with van der Waals surface area (Å²) in [6.45, 7) is 1.49. The molecule has 0 spiro atoms. The van der Waals surface area contributed by atoms with Crippen LogP contribution in [0.3, 0.4) is 0 Å². The van der Waals surface area contributed by atoms with E-state index in [1.54, 1.807) is 7.11 Å². The molecule has 0 aromatic carbocycles. The molecule has 0 unspecified atom stereocenters. The number of allylic oxidation sites excluding steroid dienone is 1. The van der Waals surface area contributed by atoms with Gasteiger partial charge in [0.2, 0.25) is 5.88 Å². The van der Waals surface area contributed by atoms with Crippen LogP contribution in [0.4, 0.5) is 5.69 Å². The van der Waals surface area contributed by atoms with Crippen LogP contribution < -0.4 is 20.8 Å². The molecule has 1 aliphatic carbocycles. The SMILES string of the molecule is COc1cccc(C2CCC(C3=c4[nH]c5c(c4NCC=C3)CN=NC=5)CC2)n1. The highest BCUT2D eigenvalue weighted by atomic mass is 16.5. The minimum atomic E-state index is 0.516. The van der Waals surface area contributed by atoms with Crippen LogP contribution in [-0.4, -0.2) is 23.6 Å². The summed E-state index contributed by atoms with van der Waals surface area (Å²) in [6, 6.07) is 6.10. The number of methoxy groups -OCH3 is 1. The molecule has 4 heterocycles. The van der Waals surface area contributed by atoms with E-state index in [4.69, 9.17) is 4.74 Å². The van der Waals surface area contributed by atoms with Gasteiger partial charge in [0, 0.05) is 29.8 Å². The zero-order chi connectivity index (χ0) is 18.9. The summed E-state index contributed by atoms with van der Waals surface area (Å²) >= 11 is 0. The van der Waals surface area contributed by atoms with E-state index >= 15 is 0 Å². The van der Waals surface area contributed by atoms with Gasteiger partial charge in [-0.1, -0.05) is 18.2 Å². The van der Waals surface area contributed by atoms with Crippen molar-refractivity contribution >= 4 is 17.5 Å². The molecule has 6 heteroatoms. The second kappa shape index (κ2) is 7.26. The number of ether oxygens (including phenoxy) is 1. The molecule has 2 aromatic rings. The highest BCUT2D eigenvalue weighted by molar-refractivity contribution is 5.68. The van der Waals surface area contributed by atoms with Crippen LogP contribution in [0, 0.1) is 5.92 Å². The lowest BCUT2D eigenvalue weighted by Crippen LogP contribution is -2.22. The third-order valence-corrected chi connectivity index (χ3v) is 6.16. The Balaban J connectivity index is 1.43. The van der Waals surface area contributed by atoms with Crippen molar-refractivity contribution in [2.75, 3.05) is 19.0 Å². The largest absolute Gasteiger partial charge is 0.481 e. The van der Waals surface area contributed by atoms with E-state index < -0.39 is 0 Å². The maximum Gasteiger partial charge on any atom is 0.213 e. The van der Waals surface area contributed by atoms with E-state index in [-0.39, 0.29) is 0 Å². The average Bonchev–Trinajstić information content (AvgIpc) is 2.99. The molecule has 6 nitrogen and oxygen atoms in total. The lowest BCUT2D eigenvalue weighted by Gasteiger charge is -2.29. The number of H-pyrrole nitrogens is 1. The van der Waals surface area contributed by atoms with Gasteiger partial charge in [-0.05, 0) is 43.2 Å². The van der Waals surface area contributed by atoms with E-state index in [1.165, 1.54) is 35.0 Å². The molecular formula is C22H25N5O. The molecular weight excluding hydrogens is 350 g/mol. The van der Waals surface area contributed by atoms with Gasteiger partial charge in [0.1, 0.15) is 0 Å². The first-order valence-corrected chi connectivity index (χ1v) is 10.1. The molecule has 1 saturated carbocycles. The number of fused-ring (bicyclic) bond motifs is 3. The highest BCUT2D eigenvalue weighted by Gasteiger charge is 2.27. The Morgan fingerprint density at radius 1 is 1.11 bits per heavy atom. The van der Waals surface area contributed by atoms with Crippen molar-refractivity contribution in [3.63, 3.8) is 0 Å². The Hall–Kier alpha value is -2.89. The summed E-state index contributed by atoms with van der Waals surface area (Å²) in [5.74, 6) is 1.79. The monoisotopic (exact) mass is 375 g/mol. The lowest BCUT2D eigenvalue weighted by molar-refractivity contribution is 0.367. The second-order valence-electron chi connectivity index (χ2n) is 7.70. The summed E-state index contributed by atoms with van der Waals surface area (Å²) in [4.78, 5) is 8.27. The molecule has 28 heavy (non-hydrogen) atoms. The van der Waals surface area contributed by atoms with Gasteiger partial charge < -0.3 is 15.0 Å². The summed E-state index contributed by atoms with van der Waals surface area (Å²) in [7, 11) is 1.68. The zero-order valence-corrected chi connectivity index (χ0v) is 16.1. The minimum Gasteiger partial charge on any atom is -0.481 e. The summed E-state index contributed by atoms with van der Waals surface area (Å²) in [6.07, 6.45) is 11.0. The first-order valence-electron chi connectivity index (χ1n) is 10.1. The lowest BCUT2D eigenvalue weighted by atomic mass is 9.77. The van der Waals surface area contributed by atoms with Crippen LogP contribution in [0.15, 0.2) is 40.6 Å². The number of rotatable bonds is 3. The molecule has 0 bridgehead atoms. The highest BCUT2D eigenvalue weighted by Crippen LogP contribution is 2.39. The molecule has 0 radical (unpaired) electrons. The molecule has 0 amide bonds. The Labute approximate surface area is 164 Å². The first-order chi connectivity index (χ1) is 13.8. The van der Waals surface area contributed by atoms with Gasteiger partial charge in [-0.3, -0.25) is 0 Å². The van der Waals surface area contributed by atoms with Crippen molar-refractivity contribution in [1.82, 2.24) is 9.97 Å². The molecule has 0 atom stereocenters. The number of azo groups is 1. The fourth-order valence-electron chi connectivity index (χ4n) is 4.70. The van der Waals surface area contributed by atoms with E-state index in [0.717, 1.165) is 30.4 Å². The number of aromatic nitrogens is 2. The van der Waals surface area contributed by atoms with Crippen molar-refractivity contribution < 1.29 is 4.74 Å². The quantitative estimate of drug-likeness (QED) is 0.865. The predicted octanol–water partition coefficient (Wildman–Crippen LogP) is 3.23. The summed E-state index contributed by atoms with van der Waals surface area (Å²) in [5.41, 5.74) is 5.02.